The van der Waals surface area contributed by atoms with Gasteiger partial charge in [-0.1, -0.05) is 30.0 Å². The third kappa shape index (κ3) is 2.45. The molecule has 3 nitrogen and oxygen atoms in total. The van der Waals surface area contributed by atoms with Crippen LogP contribution in [0.15, 0.2) is 17.8 Å². The van der Waals surface area contributed by atoms with Gasteiger partial charge in [-0.05, 0) is 37.6 Å². The Kier molecular flexibility index (Phi) is 3.99. The summed E-state index contributed by atoms with van der Waals surface area (Å²) in [6, 6.07) is 0.374. The maximum atomic E-state index is 5.80. The van der Waals surface area contributed by atoms with Crippen molar-refractivity contribution in [1.29, 1.82) is 0 Å². The Morgan fingerprint density at radius 1 is 1.30 bits per heavy atom. The molecule has 3 N–H and O–H groups in total. The Morgan fingerprint density at radius 3 is 2.85 bits per heavy atom. The van der Waals surface area contributed by atoms with Crippen molar-refractivity contribution in [3.8, 4) is 0 Å². The monoisotopic (exact) mass is 323 g/mol. The lowest BCUT2D eigenvalue weighted by Crippen LogP contribution is -2.30. The molecule has 0 aliphatic heterocycles. The van der Waals surface area contributed by atoms with Crippen LogP contribution in [0.5, 0.6) is 0 Å². The number of nitrogens with one attached hydrogen (secondary N) is 1. The van der Waals surface area contributed by atoms with Crippen LogP contribution in [0.2, 0.25) is 0 Å². The Balaban J connectivity index is 1.92. The van der Waals surface area contributed by atoms with Crippen molar-refractivity contribution < 1.29 is 0 Å². The average molecular weight is 324 g/mol. The quantitative estimate of drug-likeness (QED) is 0.819. The lowest BCUT2D eigenvalue weighted by atomic mass is 9.75. The van der Waals surface area contributed by atoms with Crippen LogP contribution < -0.4 is 5.73 Å². The molecule has 3 rings (SSSR count). The van der Waals surface area contributed by atoms with E-state index in [0.717, 1.165) is 45.9 Å². The summed E-state index contributed by atoms with van der Waals surface area (Å²) in [5.41, 5.74) is 8.26. The van der Waals surface area contributed by atoms with E-state index >= 15 is 0 Å². The molecule has 6 heteroatoms. The summed E-state index contributed by atoms with van der Waals surface area (Å²) < 4.78 is 2.93. The number of hydrogen-bond acceptors (Lipinski definition) is 4. The van der Waals surface area contributed by atoms with E-state index in [1.165, 1.54) is 5.57 Å². The van der Waals surface area contributed by atoms with Crippen molar-refractivity contribution in [3.05, 3.63) is 28.3 Å². The number of H-pyrrole nitrogens is 1. The van der Waals surface area contributed by atoms with Crippen molar-refractivity contribution in [3.63, 3.8) is 0 Å². The highest BCUT2D eigenvalue weighted by Crippen LogP contribution is 2.40. The number of rotatable bonds is 2. The fourth-order valence-corrected chi connectivity index (χ4v) is 4.48. The van der Waals surface area contributed by atoms with Crippen molar-refractivity contribution in [2.45, 2.75) is 38.3 Å². The van der Waals surface area contributed by atoms with Crippen LogP contribution in [0.25, 0.3) is 0 Å². The first-order valence-electron chi connectivity index (χ1n) is 6.85. The minimum atomic E-state index is 0.374. The van der Waals surface area contributed by atoms with Crippen LogP contribution in [0.1, 0.15) is 37.4 Å². The van der Waals surface area contributed by atoms with Gasteiger partial charge in [-0.3, -0.25) is 0 Å². The smallest absolute Gasteiger partial charge is 0.177 e. The molecule has 1 unspecified atom stereocenters. The summed E-state index contributed by atoms with van der Waals surface area (Å²) in [6.07, 6.45) is 8.05. The topological polar surface area (TPSA) is 46.7 Å². The van der Waals surface area contributed by atoms with E-state index in [0.29, 0.717) is 18.5 Å². The number of nitrogens with zero attached hydrogens (tertiary/aromatic N) is 1. The van der Waals surface area contributed by atoms with Gasteiger partial charge in [0.2, 0.25) is 0 Å². The molecule has 0 saturated heterocycles. The molecule has 1 fully saturated rings. The van der Waals surface area contributed by atoms with Gasteiger partial charge >= 0.3 is 0 Å². The lowest BCUT2D eigenvalue weighted by molar-refractivity contribution is 0.372. The van der Waals surface area contributed by atoms with Crippen LogP contribution in [0, 0.1) is 10.7 Å². The summed E-state index contributed by atoms with van der Waals surface area (Å²) in [7, 11) is 0. The number of imidazole rings is 1. The standard InChI is InChI=1S/C14H17N3S3/c15-6-10-7-16-14(20)17(10)9-1-2-12-8(3-9)4-11(18)5-13(12)19/h4,7,9,12H,1-3,5-6,15H2,(H,16,20)/t9-,12?/m0/s1. The molecule has 0 bridgehead atoms. The summed E-state index contributed by atoms with van der Waals surface area (Å²) in [4.78, 5) is 5.19. The molecule has 1 heterocycles. The number of aromatic amines is 1. The van der Waals surface area contributed by atoms with Gasteiger partial charge in [0.1, 0.15) is 0 Å². The normalized spacial score (nSPS) is 26.4. The number of fused-ring (bicyclic) bond motifs is 1. The maximum absolute atomic E-state index is 5.80. The summed E-state index contributed by atoms with van der Waals surface area (Å²) in [5, 5.41) is 0. The lowest BCUT2D eigenvalue weighted by Gasteiger charge is -2.35. The zero-order valence-corrected chi connectivity index (χ0v) is 13.5. The van der Waals surface area contributed by atoms with E-state index in [9.17, 15) is 0 Å². The molecule has 20 heavy (non-hydrogen) atoms. The number of aromatic nitrogens is 2. The Morgan fingerprint density at radius 2 is 2.10 bits per heavy atom. The van der Waals surface area contributed by atoms with E-state index in [1.54, 1.807) is 0 Å². The second kappa shape index (κ2) is 5.60. The molecule has 0 radical (unpaired) electrons. The minimum Gasteiger partial charge on any atom is -0.337 e. The van der Waals surface area contributed by atoms with Gasteiger partial charge in [0.25, 0.3) is 0 Å². The molecule has 2 atom stereocenters. The fourth-order valence-electron chi connectivity index (χ4n) is 3.33. The van der Waals surface area contributed by atoms with E-state index in [2.05, 4.69) is 15.6 Å². The molecule has 0 spiro atoms. The van der Waals surface area contributed by atoms with Crippen molar-refractivity contribution in [1.82, 2.24) is 9.55 Å². The van der Waals surface area contributed by atoms with Crippen molar-refractivity contribution in [2.75, 3.05) is 0 Å². The SMILES string of the molecule is NCc1c[nH]c(=S)n1[C@H]1CCC2C(=S)CC(=S)C=C2C1. The van der Waals surface area contributed by atoms with Crippen molar-refractivity contribution in [2.24, 2.45) is 11.7 Å². The van der Waals surface area contributed by atoms with Crippen LogP contribution >= 0.6 is 36.7 Å². The van der Waals surface area contributed by atoms with Crippen LogP contribution in [-0.2, 0) is 6.54 Å². The molecule has 1 saturated carbocycles. The second-order valence-electron chi connectivity index (χ2n) is 5.48. The number of thiocarbonyl (C=S) groups is 2. The molecule has 2 aliphatic rings. The van der Waals surface area contributed by atoms with Gasteiger partial charge in [-0.25, -0.2) is 0 Å². The third-order valence-electron chi connectivity index (χ3n) is 4.26. The largest absolute Gasteiger partial charge is 0.337 e. The second-order valence-corrected chi connectivity index (χ2v) is 6.91. The third-order valence-corrected chi connectivity index (χ3v) is 5.26. The van der Waals surface area contributed by atoms with E-state index in [4.69, 9.17) is 42.4 Å². The fraction of sp³-hybridized carbons (Fsp3) is 0.500. The molecule has 1 aromatic heterocycles. The Hall–Kier alpha value is -0.690. The highest BCUT2D eigenvalue weighted by molar-refractivity contribution is 7.82. The molecule has 2 aliphatic carbocycles. The van der Waals surface area contributed by atoms with Gasteiger partial charge < -0.3 is 15.3 Å². The first kappa shape index (κ1) is 14.3. The highest BCUT2D eigenvalue weighted by atomic mass is 32.1. The number of allylic oxidation sites excluding steroid dienone is 2. The molecule has 106 valence electrons. The zero-order valence-electron chi connectivity index (χ0n) is 11.1. The molecule has 0 aromatic carbocycles. The van der Waals surface area contributed by atoms with Crippen LogP contribution in [0.4, 0.5) is 0 Å². The maximum Gasteiger partial charge on any atom is 0.177 e. The molecule has 0 amide bonds. The van der Waals surface area contributed by atoms with Gasteiger partial charge in [-0.2, -0.15) is 0 Å². The predicted octanol–water partition coefficient (Wildman–Crippen LogP) is 3.42. The zero-order chi connectivity index (χ0) is 14.3. The van der Waals surface area contributed by atoms with Crippen molar-refractivity contribution >= 4 is 46.4 Å². The van der Waals surface area contributed by atoms with Crippen LogP contribution in [0.3, 0.4) is 0 Å². The van der Waals surface area contributed by atoms with Crippen LogP contribution in [-0.4, -0.2) is 19.3 Å². The Labute approximate surface area is 134 Å². The molecule has 1 aromatic rings. The predicted molar refractivity (Wildman–Crippen MR) is 91.8 cm³/mol. The van der Waals surface area contributed by atoms with Gasteiger partial charge in [0.15, 0.2) is 4.77 Å². The first-order chi connectivity index (χ1) is 9.60. The van der Waals surface area contributed by atoms with E-state index < -0.39 is 0 Å². The van der Waals surface area contributed by atoms with Gasteiger partial charge in [0, 0.05) is 40.9 Å². The average Bonchev–Trinajstić information content (AvgIpc) is 2.78. The van der Waals surface area contributed by atoms with E-state index in [-0.39, 0.29) is 0 Å². The van der Waals surface area contributed by atoms with E-state index in [1.807, 2.05) is 6.20 Å². The molecular weight excluding hydrogens is 306 g/mol. The minimum absolute atomic E-state index is 0.374. The first-order valence-corrected chi connectivity index (χ1v) is 8.07. The summed E-state index contributed by atoms with van der Waals surface area (Å²) in [5.74, 6) is 0.447. The number of hydrogen-bond donors (Lipinski definition) is 2. The van der Waals surface area contributed by atoms with Gasteiger partial charge in [-0.15, -0.1) is 0 Å². The van der Waals surface area contributed by atoms with Gasteiger partial charge in [0.05, 0.1) is 5.69 Å². The highest BCUT2D eigenvalue weighted by Gasteiger charge is 2.32. The summed E-state index contributed by atoms with van der Waals surface area (Å²) in [6.45, 7) is 0.503. The molecular formula is C14H17N3S3. The number of nitrogens with two attached hydrogens (primary N) is 1. The summed E-state index contributed by atoms with van der Waals surface area (Å²) >= 11 is 16.3. The Bertz CT molecular complexity index is 653.